The van der Waals surface area contributed by atoms with Gasteiger partial charge in [0.2, 0.25) is 5.88 Å². The third-order valence-corrected chi connectivity index (χ3v) is 2.28. The van der Waals surface area contributed by atoms with Crippen molar-refractivity contribution in [2.45, 2.75) is 6.42 Å². The summed E-state index contributed by atoms with van der Waals surface area (Å²) >= 11 is 0. The molecule has 17 heavy (non-hydrogen) atoms. The van der Waals surface area contributed by atoms with E-state index in [0.717, 1.165) is 0 Å². The van der Waals surface area contributed by atoms with Gasteiger partial charge < -0.3 is 15.4 Å². The zero-order valence-corrected chi connectivity index (χ0v) is 8.68. The number of benzene rings is 1. The van der Waals surface area contributed by atoms with E-state index in [0.29, 0.717) is 0 Å². The first-order chi connectivity index (χ1) is 8.09. The molecule has 0 bridgehead atoms. The van der Waals surface area contributed by atoms with Crippen LogP contribution in [-0.4, -0.2) is 16.2 Å². The van der Waals surface area contributed by atoms with Gasteiger partial charge in [0.15, 0.2) is 0 Å². The summed E-state index contributed by atoms with van der Waals surface area (Å²) in [6.45, 7) is 0. The molecule has 1 aromatic carbocycles. The molecular weight excluding hydrogens is 227 g/mol. The van der Waals surface area contributed by atoms with Gasteiger partial charge in [-0.3, -0.25) is 4.79 Å². The third kappa shape index (κ3) is 2.10. The molecule has 0 aliphatic heterocycles. The highest BCUT2D eigenvalue weighted by Gasteiger charge is 2.20. The molecule has 0 unspecified atom stereocenters. The summed E-state index contributed by atoms with van der Waals surface area (Å²) in [5.74, 6) is -1.70. The average Bonchev–Trinajstić information content (AvgIpc) is 2.61. The van der Waals surface area contributed by atoms with Crippen LogP contribution in [-0.2, 0) is 11.2 Å². The number of nitrogens with two attached hydrogens (primary N) is 1. The van der Waals surface area contributed by atoms with E-state index in [4.69, 9.17) is 15.4 Å². The Labute approximate surface area is 95.6 Å². The van der Waals surface area contributed by atoms with Crippen molar-refractivity contribution in [1.82, 2.24) is 5.16 Å². The van der Waals surface area contributed by atoms with Gasteiger partial charge in [0.05, 0.1) is 12.0 Å². The van der Waals surface area contributed by atoms with Crippen LogP contribution < -0.4 is 5.73 Å². The Morgan fingerprint density at radius 2 is 2.18 bits per heavy atom. The fourth-order valence-corrected chi connectivity index (χ4v) is 1.51. The molecule has 1 aromatic heterocycles. The van der Waals surface area contributed by atoms with E-state index in [1.54, 1.807) is 6.07 Å². The van der Waals surface area contributed by atoms with Crippen molar-refractivity contribution in [1.29, 1.82) is 0 Å². The van der Waals surface area contributed by atoms with Gasteiger partial charge in [0.1, 0.15) is 11.5 Å². The van der Waals surface area contributed by atoms with E-state index in [-0.39, 0.29) is 29.1 Å². The second-order valence-corrected chi connectivity index (χ2v) is 3.42. The van der Waals surface area contributed by atoms with Crippen LogP contribution in [0.3, 0.4) is 0 Å². The Bertz CT molecular complexity index is 566. The standard InChI is InChI=1S/C11H9FN2O3/c12-8-4-2-1-3-6(8)10-7(5-9(15)16)11(13)17-14-10/h1-4H,5,13H2,(H,15,16). The Kier molecular flexibility index (Phi) is 2.78. The number of nitrogen functional groups attached to an aromatic ring is 1. The SMILES string of the molecule is Nc1onc(-c2ccccc2F)c1CC(=O)O. The van der Waals surface area contributed by atoms with E-state index >= 15 is 0 Å². The lowest BCUT2D eigenvalue weighted by atomic mass is 10.0. The smallest absolute Gasteiger partial charge is 0.308 e. The maximum Gasteiger partial charge on any atom is 0.308 e. The zero-order chi connectivity index (χ0) is 12.4. The molecule has 0 saturated carbocycles. The van der Waals surface area contributed by atoms with E-state index in [1.165, 1.54) is 18.2 Å². The Morgan fingerprint density at radius 3 is 2.82 bits per heavy atom. The van der Waals surface area contributed by atoms with Crippen molar-refractivity contribution in [3.05, 3.63) is 35.6 Å². The van der Waals surface area contributed by atoms with Crippen molar-refractivity contribution in [2.75, 3.05) is 5.73 Å². The lowest BCUT2D eigenvalue weighted by Gasteiger charge is -2.00. The van der Waals surface area contributed by atoms with Gasteiger partial charge in [-0.15, -0.1) is 0 Å². The molecule has 3 N–H and O–H groups in total. The molecular formula is C11H9FN2O3. The molecule has 0 fully saturated rings. The minimum Gasteiger partial charge on any atom is -0.481 e. The van der Waals surface area contributed by atoms with E-state index < -0.39 is 11.8 Å². The Morgan fingerprint density at radius 1 is 1.47 bits per heavy atom. The molecule has 6 heteroatoms. The second-order valence-electron chi connectivity index (χ2n) is 3.42. The maximum atomic E-state index is 13.5. The molecule has 0 amide bonds. The second kappa shape index (κ2) is 4.25. The lowest BCUT2D eigenvalue weighted by molar-refractivity contribution is -0.136. The fourth-order valence-electron chi connectivity index (χ4n) is 1.51. The minimum atomic E-state index is -1.09. The van der Waals surface area contributed by atoms with Crippen LogP contribution in [0.25, 0.3) is 11.3 Å². The first kappa shape index (κ1) is 11.1. The summed E-state index contributed by atoms with van der Waals surface area (Å²) in [6.07, 6.45) is -0.362. The summed E-state index contributed by atoms with van der Waals surface area (Å²) in [5, 5.41) is 12.3. The number of carboxylic acid groups (broad SMARTS) is 1. The largest absolute Gasteiger partial charge is 0.481 e. The van der Waals surface area contributed by atoms with Crippen LogP contribution in [0.1, 0.15) is 5.56 Å². The van der Waals surface area contributed by atoms with Gasteiger partial charge in [-0.2, -0.15) is 0 Å². The number of anilines is 1. The first-order valence-electron chi connectivity index (χ1n) is 4.80. The van der Waals surface area contributed by atoms with Crippen molar-refractivity contribution >= 4 is 11.9 Å². The molecule has 2 rings (SSSR count). The zero-order valence-electron chi connectivity index (χ0n) is 8.68. The minimum absolute atomic E-state index is 0.106. The number of rotatable bonds is 3. The van der Waals surface area contributed by atoms with Gasteiger partial charge >= 0.3 is 5.97 Å². The Hall–Kier alpha value is -2.37. The molecule has 88 valence electrons. The molecule has 0 atom stereocenters. The summed E-state index contributed by atoms with van der Waals surface area (Å²) in [6, 6.07) is 5.88. The highest BCUT2D eigenvalue weighted by molar-refractivity contribution is 5.77. The van der Waals surface area contributed by atoms with Crippen LogP contribution in [0.5, 0.6) is 0 Å². The van der Waals surface area contributed by atoms with Crippen LogP contribution in [0.15, 0.2) is 28.8 Å². The molecule has 0 saturated heterocycles. The molecule has 2 aromatic rings. The number of aromatic nitrogens is 1. The number of hydrogen-bond acceptors (Lipinski definition) is 4. The van der Waals surface area contributed by atoms with Gasteiger partial charge in [-0.1, -0.05) is 17.3 Å². The molecule has 5 nitrogen and oxygen atoms in total. The lowest BCUT2D eigenvalue weighted by Crippen LogP contribution is -2.03. The Balaban J connectivity index is 2.53. The number of aliphatic carboxylic acids is 1. The average molecular weight is 236 g/mol. The molecule has 0 aliphatic rings. The van der Waals surface area contributed by atoms with E-state index in [2.05, 4.69) is 5.16 Å². The van der Waals surface area contributed by atoms with Gasteiger partial charge in [-0.25, -0.2) is 4.39 Å². The van der Waals surface area contributed by atoms with Crippen LogP contribution in [0.2, 0.25) is 0 Å². The van der Waals surface area contributed by atoms with E-state index in [1.807, 2.05) is 0 Å². The summed E-state index contributed by atoms with van der Waals surface area (Å²) < 4.78 is 18.2. The molecule has 1 heterocycles. The van der Waals surface area contributed by atoms with Crippen LogP contribution in [0, 0.1) is 5.82 Å². The van der Waals surface area contributed by atoms with E-state index in [9.17, 15) is 9.18 Å². The fraction of sp³-hybridized carbons (Fsp3) is 0.0909. The van der Waals surface area contributed by atoms with Gasteiger partial charge in [0.25, 0.3) is 0 Å². The van der Waals surface area contributed by atoms with Crippen molar-refractivity contribution in [3.63, 3.8) is 0 Å². The van der Waals surface area contributed by atoms with Crippen molar-refractivity contribution < 1.29 is 18.8 Å². The predicted octanol–water partition coefficient (Wildman–Crippen LogP) is 1.69. The predicted molar refractivity (Wildman–Crippen MR) is 57.6 cm³/mol. The summed E-state index contributed by atoms with van der Waals surface area (Å²) in [7, 11) is 0. The molecule has 0 radical (unpaired) electrons. The summed E-state index contributed by atoms with van der Waals surface area (Å²) in [4.78, 5) is 10.7. The number of halogens is 1. The van der Waals surface area contributed by atoms with Gasteiger partial charge in [0, 0.05) is 5.56 Å². The number of hydrogen-bond donors (Lipinski definition) is 2. The number of carbonyl (C=O) groups is 1. The topological polar surface area (TPSA) is 89.4 Å². The maximum absolute atomic E-state index is 13.5. The highest BCUT2D eigenvalue weighted by atomic mass is 19.1. The van der Waals surface area contributed by atoms with Crippen molar-refractivity contribution in [3.8, 4) is 11.3 Å². The highest BCUT2D eigenvalue weighted by Crippen LogP contribution is 2.29. The van der Waals surface area contributed by atoms with Crippen LogP contribution >= 0.6 is 0 Å². The first-order valence-corrected chi connectivity index (χ1v) is 4.80. The molecule has 0 spiro atoms. The number of carboxylic acids is 1. The van der Waals surface area contributed by atoms with Crippen LogP contribution in [0.4, 0.5) is 10.3 Å². The molecule has 0 aliphatic carbocycles. The monoisotopic (exact) mass is 236 g/mol. The van der Waals surface area contributed by atoms with Gasteiger partial charge in [-0.05, 0) is 12.1 Å². The van der Waals surface area contributed by atoms with Crippen molar-refractivity contribution in [2.24, 2.45) is 0 Å². The number of nitrogens with zero attached hydrogens (tertiary/aromatic N) is 1. The summed E-state index contributed by atoms with van der Waals surface area (Å²) in [5.41, 5.74) is 5.94. The third-order valence-electron chi connectivity index (χ3n) is 2.28. The quantitative estimate of drug-likeness (QED) is 0.846. The normalized spacial score (nSPS) is 10.4.